The fourth-order valence-electron chi connectivity index (χ4n) is 3.01. The molecule has 1 heterocycles. The van der Waals surface area contributed by atoms with Crippen LogP contribution in [-0.4, -0.2) is 27.6 Å². The highest BCUT2D eigenvalue weighted by atomic mass is 79.9. The smallest absolute Gasteiger partial charge is 0.266 e. The Morgan fingerprint density at radius 1 is 1.16 bits per heavy atom. The van der Waals surface area contributed by atoms with Gasteiger partial charge in [0.2, 0.25) is 5.91 Å². The molecular formula is C23H19Br3N2O2S2. The first-order valence-electron chi connectivity index (χ1n) is 9.67. The predicted octanol–water partition coefficient (Wildman–Crippen LogP) is 7.54. The van der Waals surface area contributed by atoms with Crippen molar-refractivity contribution < 1.29 is 9.59 Å². The molecule has 0 atom stereocenters. The fourth-order valence-corrected chi connectivity index (χ4v) is 6.83. The summed E-state index contributed by atoms with van der Waals surface area (Å²) in [6.07, 6.45) is 4.67. The molecule has 1 aliphatic rings. The van der Waals surface area contributed by atoms with Crippen LogP contribution in [0.15, 0.2) is 72.4 Å². The van der Waals surface area contributed by atoms with Crippen molar-refractivity contribution in [2.45, 2.75) is 19.8 Å². The van der Waals surface area contributed by atoms with E-state index in [9.17, 15) is 9.59 Å². The minimum atomic E-state index is -0.128. The molecule has 1 fully saturated rings. The number of allylic oxidation sites excluding steroid dienone is 2. The highest BCUT2D eigenvalue weighted by molar-refractivity contribution is 9.11. The molecule has 1 saturated heterocycles. The molecule has 0 saturated carbocycles. The maximum Gasteiger partial charge on any atom is 0.266 e. The zero-order chi connectivity index (χ0) is 23.3. The zero-order valence-electron chi connectivity index (χ0n) is 17.0. The third-order valence-electron chi connectivity index (χ3n) is 4.48. The van der Waals surface area contributed by atoms with E-state index in [0.29, 0.717) is 27.9 Å². The molecule has 2 aromatic rings. The third kappa shape index (κ3) is 6.87. The lowest BCUT2D eigenvalue weighted by Crippen LogP contribution is -2.29. The van der Waals surface area contributed by atoms with Gasteiger partial charge in [-0.25, -0.2) is 0 Å². The number of thiocarbonyl (C=S) groups is 1. The van der Waals surface area contributed by atoms with Crippen LogP contribution in [0.4, 0.5) is 5.69 Å². The molecule has 32 heavy (non-hydrogen) atoms. The van der Waals surface area contributed by atoms with Crippen LogP contribution in [-0.2, 0) is 9.59 Å². The molecule has 0 aliphatic carbocycles. The number of hydrogen-bond donors (Lipinski definition) is 1. The number of carbonyl (C=O) groups excluding carboxylic acids is 2. The average molecular weight is 659 g/mol. The normalized spacial score (nSPS) is 15.6. The predicted molar refractivity (Wildman–Crippen MR) is 147 cm³/mol. The molecule has 1 aliphatic heterocycles. The summed E-state index contributed by atoms with van der Waals surface area (Å²) < 4.78 is 2.96. The van der Waals surface area contributed by atoms with Crippen LogP contribution in [0.1, 0.15) is 25.3 Å². The number of hydrogen-bond acceptors (Lipinski definition) is 4. The first kappa shape index (κ1) is 25.4. The summed E-state index contributed by atoms with van der Waals surface area (Å²) in [7, 11) is 0. The second-order valence-corrected chi connectivity index (χ2v) is 11.3. The van der Waals surface area contributed by atoms with E-state index >= 15 is 0 Å². The van der Waals surface area contributed by atoms with E-state index in [4.69, 9.17) is 12.2 Å². The molecule has 2 aromatic carbocycles. The molecule has 2 amide bonds. The van der Waals surface area contributed by atoms with Gasteiger partial charge >= 0.3 is 0 Å². The van der Waals surface area contributed by atoms with Crippen molar-refractivity contribution in [1.29, 1.82) is 0 Å². The SMILES string of the molecule is CC(/C=C1\SC(=S)N(CCCC(=O)Nc2c(Br)cc(Br)cc2Br)C1=O)=C\c1ccccc1. The zero-order valence-corrected chi connectivity index (χ0v) is 23.4. The topological polar surface area (TPSA) is 49.4 Å². The van der Waals surface area contributed by atoms with Crippen LogP contribution in [0, 0.1) is 0 Å². The van der Waals surface area contributed by atoms with Gasteiger partial charge in [0.1, 0.15) is 4.32 Å². The Bertz CT molecular complexity index is 1090. The molecule has 3 rings (SSSR count). The number of rotatable bonds is 7. The van der Waals surface area contributed by atoms with Crippen molar-refractivity contribution >= 4 is 99.7 Å². The molecule has 0 unspecified atom stereocenters. The Labute approximate surface area is 222 Å². The summed E-state index contributed by atoms with van der Waals surface area (Å²) in [5, 5.41) is 2.90. The van der Waals surface area contributed by atoms with Crippen LogP contribution in [0.2, 0.25) is 0 Å². The largest absolute Gasteiger partial charge is 0.324 e. The molecule has 9 heteroatoms. The van der Waals surface area contributed by atoms with Crippen LogP contribution in [0.5, 0.6) is 0 Å². The van der Waals surface area contributed by atoms with Gasteiger partial charge in [0.15, 0.2) is 0 Å². The standard InChI is InChI=1S/C23H19Br3N2O2S2/c1-14(10-15-6-3-2-4-7-15)11-19-22(30)28(23(31)32-19)9-5-8-20(29)27-21-17(25)12-16(24)13-18(21)26/h2-4,6-7,10-13H,5,8-9H2,1H3,(H,27,29)/b14-10+,19-11-. The van der Waals surface area contributed by atoms with E-state index in [-0.39, 0.29) is 18.2 Å². The Hall–Kier alpha value is -1.26. The number of benzene rings is 2. The number of amides is 2. The Morgan fingerprint density at radius 2 is 1.81 bits per heavy atom. The van der Waals surface area contributed by atoms with Gasteiger partial charge in [0.05, 0.1) is 10.6 Å². The van der Waals surface area contributed by atoms with Gasteiger partial charge in [-0.3, -0.25) is 14.5 Å². The molecule has 166 valence electrons. The van der Waals surface area contributed by atoms with Crippen LogP contribution >= 0.6 is 71.8 Å². The van der Waals surface area contributed by atoms with Gasteiger partial charge in [-0.05, 0) is 74.5 Å². The second-order valence-electron chi connectivity index (χ2n) is 7.03. The summed E-state index contributed by atoms with van der Waals surface area (Å²) in [4.78, 5) is 27.4. The lowest BCUT2D eigenvalue weighted by Gasteiger charge is -2.14. The molecule has 4 nitrogen and oxygen atoms in total. The third-order valence-corrected chi connectivity index (χ3v) is 7.57. The highest BCUT2D eigenvalue weighted by Gasteiger charge is 2.31. The van der Waals surface area contributed by atoms with E-state index in [2.05, 4.69) is 53.1 Å². The van der Waals surface area contributed by atoms with Crippen LogP contribution < -0.4 is 5.32 Å². The van der Waals surface area contributed by atoms with Crippen molar-refractivity contribution in [3.63, 3.8) is 0 Å². The minimum absolute atomic E-state index is 0.111. The van der Waals surface area contributed by atoms with Crippen LogP contribution in [0.25, 0.3) is 6.08 Å². The number of anilines is 1. The molecule has 0 aromatic heterocycles. The van der Waals surface area contributed by atoms with Crippen molar-refractivity contribution in [3.05, 3.63) is 78.0 Å². The first-order valence-corrected chi connectivity index (χ1v) is 13.3. The van der Waals surface area contributed by atoms with E-state index in [1.807, 2.05) is 61.5 Å². The number of carbonyl (C=O) groups is 2. The van der Waals surface area contributed by atoms with E-state index in [1.54, 1.807) is 4.90 Å². The van der Waals surface area contributed by atoms with Gasteiger partial charge in [0.25, 0.3) is 5.91 Å². The number of halogens is 3. The molecule has 0 spiro atoms. The van der Waals surface area contributed by atoms with E-state index in [0.717, 1.165) is 24.6 Å². The molecule has 1 N–H and O–H groups in total. The number of thioether (sulfide) groups is 1. The minimum Gasteiger partial charge on any atom is -0.324 e. The monoisotopic (exact) mass is 656 g/mol. The maximum absolute atomic E-state index is 12.8. The van der Waals surface area contributed by atoms with E-state index < -0.39 is 0 Å². The van der Waals surface area contributed by atoms with E-state index in [1.165, 1.54) is 11.8 Å². The Balaban J connectivity index is 1.56. The highest BCUT2D eigenvalue weighted by Crippen LogP contribution is 2.35. The van der Waals surface area contributed by atoms with Gasteiger partial charge in [-0.2, -0.15) is 0 Å². The quantitative estimate of drug-likeness (QED) is 0.247. The summed E-state index contributed by atoms with van der Waals surface area (Å²) in [5.41, 5.74) is 2.72. The molecule has 0 radical (unpaired) electrons. The van der Waals surface area contributed by atoms with Crippen LogP contribution in [0.3, 0.4) is 0 Å². The fraction of sp³-hybridized carbons (Fsp3) is 0.174. The first-order chi connectivity index (χ1) is 15.2. The maximum atomic E-state index is 12.8. The average Bonchev–Trinajstić information content (AvgIpc) is 2.98. The van der Waals surface area contributed by atoms with Gasteiger partial charge in [-0.15, -0.1) is 0 Å². The van der Waals surface area contributed by atoms with Crippen molar-refractivity contribution in [1.82, 2.24) is 4.90 Å². The van der Waals surface area contributed by atoms with Crippen molar-refractivity contribution in [2.75, 3.05) is 11.9 Å². The lowest BCUT2D eigenvalue weighted by molar-refractivity contribution is -0.122. The van der Waals surface area contributed by atoms with Crippen molar-refractivity contribution in [3.8, 4) is 0 Å². The Kier molecular flexibility index (Phi) is 9.31. The van der Waals surface area contributed by atoms with Gasteiger partial charge in [-0.1, -0.05) is 76.3 Å². The summed E-state index contributed by atoms with van der Waals surface area (Å²) >= 11 is 17.0. The van der Waals surface area contributed by atoms with Gasteiger partial charge < -0.3 is 5.32 Å². The number of nitrogens with zero attached hydrogens (tertiary/aromatic N) is 1. The molecular weight excluding hydrogens is 640 g/mol. The molecule has 0 bridgehead atoms. The Morgan fingerprint density at radius 3 is 2.47 bits per heavy atom. The number of nitrogens with one attached hydrogen (secondary N) is 1. The summed E-state index contributed by atoms with van der Waals surface area (Å²) in [5.74, 6) is -0.240. The summed E-state index contributed by atoms with van der Waals surface area (Å²) in [6, 6.07) is 13.7. The lowest BCUT2D eigenvalue weighted by atomic mass is 10.1. The van der Waals surface area contributed by atoms with Gasteiger partial charge in [0, 0.05) is 26.4 Å². The second kappa shape index (κ2) is 11.7. The van der Waals surface area contributed by atoms with Crippen molar-refractivity contribution in [2.24, 2.45) is 0 Å². The summed E-state index contributed by atoms with van der Waals surface area (Å²) in [6.45, 7) is 2.36.